The lowest BCUT2D eigenvalue weighted by atomic mass is 9.98. The minimum Gasteiger partial charge on any atom is -0.461 e. The SMILES string of the molecule is C=C(c1ccc(-c2ccccc2)cc1)C(F)(F)C(=O)OCCCCCC. The van der Waals surface area contributed by atoms with Gasteiger partial charge in [0.25, 0.3) is 0 Å². The zero-order valence-electron chi connectivity index (χ0n) is 15.0. The average Bonchev–Trinajstić information content (AvgIpc) is 2.67. The van der Waals surface area contributed by atoms with Crippen LogP contribution in [0.15, 0.2) is 61.2 Å². The minimum atomic E-state index is -3.74. The summed E-state index contributed by atoms with van der Waals surface area (Å²) in [5.41, 5.74) is 1.57. The number of ether oxygens (including phenoxy) is 1. The van der Waals surface area contributed by atoms with Gasteiger partial charge in [-0.1, -0.05) is 87.4 Å². The van der Waals surface area contributed by atoms with Crippen molar-refractivity contribution in [2.24, 2.45) is 0 Å². The second kappa shape index (κ2) is 9.27. The number of halogens is 2. The van der Waals surface area contributed by atoms with E-state index in [4.69, 9.17) is 4.74 Å². The second-order valence-electron chi connectivity index (χ2n) is 6.19. The van der Waals surface area contributed by atoms with Crippen LogP contribution in [0.2, 0.25) is 0 Å². The fourth-order valence-corrected chi connectivity index (χ4v) is 2.58. The Morgan fingerprint density at radius 3 is 2.19 bits per heavy atom. The zero-order chi connectivity index (χ0) is 19.0. The molecule has 0 aliphatic carbocycles. The summed E-state index contributed by atoms with van der Waals surface area (Å²) in [5.74, 6) is -5.27. The van der Waals surface area contributed by atoms with Crippen LogP contribution in [-0.2, 0) is 9.53 Å². The summed E-state index contributed by atoms with van der Waals surface area (Å²) in [6.07, 6.45) is 3.47. The molecule has 0 bridgehead atoms. The summed E-state index contributed by atoms with van der Waals surface area (Å²) in [6.45, 7) is 5.48. The van der Waals surface area contributed by atoms with Gasteiger partial charge in [0, 0.05) is 5.57 Å². The van der Waals surface area contributed by atoms with Gasteiger partial charge >= 0.3 is 11.9 Å². The van der Waals surface area contributed by atoms with Crippen LogP contribution in [0.1, 0.15) is 38.2 Å². The maximum absolute atomic E-state index is 14.3. The van der Waals surface area contributed by atoms with Gasteiger partial charge in [-0.15, -0.1) is 0 Å². The Morgan fingerprint density at radius 1 is 0.962 bits per heavy atom. The number of rotatable bonds is 9. The largest absolute Gasteiger partial charge is 0.461 e. The van der Waals surface area contributed by atoms with Crippen molar-refractivity contribution in [2.45, 2.75) is 38.5 Å². The molecule has 0 aromatic heterocycles. The third-order valence-electron chi connectivity index (χ3n) is 4.21. The Kier molecular flexibility index (Phi) is 7.07. The van der Waals surface area contributed by atoms with Crippen LogP contribution in [0.5, 0.6) is 0 Å². The highest BCUT2D eigenvalue weighted by Gasteiger charge is 2.44. The molecule has 2 rings (SSSR count). The van der Waals surface area contributed by atoms with Gasteiger partial charge in [0.15, 0.2) is 0 Å². The first kappa shape index (κ1) is 19.8. The molecule has 2 aromatic carbocycles. The molecule has 0 saturated carbocycles. The highest BCUT2D eigenvalue weighted by molar-refractivity contribution is 5.94. The van der Waals surface area contributed by atoms with Gasteiger partial charge in [0.05, 0.1) is 6.61 Å². The first-order chi connectivity index (χ1) is 12.5. The fourth-order valence-electron chi connectivity index (χ4n) is 2.58. The van der Waals surface area contributed by atoms with E-state index in [0.717, 1.165) is 30.4 Å². The normalized spacial score (nSPS) is 11.2. The maximum Gasteiger partial charge on any atom is 0.381 e. The number of alkyl halides is 2. The molecule has 2 nitrogen and oxygen atoms in total. The molecule has 0 saturated heterocycles. The number of esters is 1. The van der Waals surface area contributed by atoms with Crippen LogP contribution in [-0.4, -0.2) is 18.5 Å². The van der Waals surface area contributed by atoms with Gasteiger partial charge in [-0.2, -0.15) is 8.78 Å². The van der Waals surface area contributed by atoms with Gasteiger partial charge in [0.1, 0.15) is 0 Å². The first-order valence-electron chi connectivity index (χ1n) is 8.87. The summed E-state index contributed by atoms with van der Waals surface area (Å²) in [4.78, 5) is 11.8. The van der Waals surface area contributed by atoms with E-state index in [0.29, 0.717) is 6.42 Å². The van der Waals surface area contributed by atoms with E-state index in [1.54, 1.807) is 24.3 Å². The van der Waals surface area contributed by atoms with E-state index >= 15 is 0 Å². The molecule has 0 unspecified atom stereocenters. The molecule has 0 heterocycles. The molecule has 0 aliphatic rings. The van der Waals surface area contributed by atoms with Crippen LogP contribution in [0.4, 0.5) is 8.78 Å². The highest BCUT2D eigenvalue weighted by Crippen LogP contribution is 2.33. The Morgan fingerprint density at radius 2 is 1.58 bits per heavy atom. The Balaban J connectivity index is 2.01. The lowest BCUT2D eigenvalue weighted by Crippen LogP contribution is -2.32. The van der Waals surface area contributed by atoms with Crippen molar-refractivity contribution >= 4 is 11.5 Å². The van der Waals surface area contributed by atoms with Crippen LogP contribution in [0, 0.1) is 0 Å². The Bertz CT molecular complexity index is 722. The quantitative estimate of drug-likeness (QED) is 0.398. The summed E-state index contributed by atoms with van der Waals surface area (Å²) in [7, 11) is 0. The van der Waals surface area contributed by atoms with Crippen molar-refractivity contribution in [2.75, 3.05) is 6.61 Å². The standard InChI is InChI=1S/C22H24F2O2/c1-3-4-5-9-16-26-21(25)22(23,24)17(2)18-12-14-20(15-13-18)19-10-7-6-8-11-19/h6-8,10-15H,2-5,9,16H2,1H3. The van der Waals surface area contributed by atoms with E-state index in [1.165, 1.54) is 0 Å². The van der Waals surface area contributed by atoms with Gasteiger partial charge in [-0.25, -0.2) is 4.79 Å². The number of carbonyl (C=O) groups is 1. The first-order valence-corrected chi connectivity index (χ1v) is 8.87. The van der Waals surface area contributed by atoms with Crippen molar-refractivity contribution in [3.05, 3.63) is 66.7 Å². The lowest BCUT2D eigenvalue weighted by Gasteiger charge is -2.18. The average molecular weight is 358 g/mol. The molecule has 2 aromatic rings. The van der Waals surface area contributed by atoms with Gasteiger partial charge in [0.2, 0.25) is 0 Å². The summed E-state index contributed by atoms with van der Waals surface area (Å²) >= 11 is 0. The van der Waals surface area contributed by atoms with Crippen molar-refractivity contribution < 1.29 is 18.3 Å². The van der Waals surface area contributed by atoms with Crippen LogP contribution >= 0.6 is 0 Å². The van der Waals surface area contributed by atoms with Gasteiger partial charge in [-0.05, 0) is 23.1 Å². The fraction of sp³-hybridized carbons (Fsp3) is 0.318. The van der Waals surface area contributed by atoms with Crippen molar-refractivity contribution in [3.8, 4) is 11.1 Å². The molecule has 0 amide bonds. The topological polar surface area (TPSA) is 26.3 Å². The Labute approximate surface area is 153 Å². The smallest absolute Gasteiger partial charge is 0.381 e. The van der Waals surface area contributed by atoms with Crippen LogP contribution in [0.3, 0.4) is 0 Å². The number of benzene rings is 2. The number of carbonyl (C=O) groups excluding carboxylic acids is 1. The lowest BCUT2D eigenvalue weighted by molar-refractivity contribution is -0.163. The number of hydrogen-bond donors (Lipinski definition) is 0. The van der Waals surface area contributed by atoms with E-state index in [9.17, 15) is 13.6 Å². The van der Waals surface area contributed by atoms with Crippen LogP contribution in [0.25, 0.3) is 16.7 Å². The Hall–Kier alpha value is -2.49. The third kappa shape index (κ3) is 5.01. The molecule has 4 heteroatoms. The van der Waals surface area contributed by atoms with Gasteiger partial charge in [-0.3, -0.25) is 0 Å². The summed E-state index contributed by atoms with van der Waals surface area (Å²) in [5, 5.41) is 0. The van der Waals surface area contributed by atoms with Crippen molar-refractivity contribution in [1.29, 1.82) is 0 Å². The predicted molar refractivity (Wildman–Crippen MR) is 101 cm³/mol. The number of unbranched alkanes of at least 4 members (excludes halogenated alkanes) is 3. The second-order valence-corrected chi connectivity index (χ2v) is 6.19. The van der Waals surface area contributed by atoms with E-state index in [2.05, 4.69) is 6.58 Å². The predicted octanol–water partition coefficient (Wildman–Crippen LogP) is 6.13. The minimum absolute atomic E-state index is 0.00858. The summed E-state index contributed by atoms with van der Waals surface area (Å²) in [6, 6.07) is 16.2. The highest BCUT2D eigenvalue weighted by atomic mass is 19.3. The molecular formula is C22H24F2O2. The molecule has 0 spiro atoms. The van der Waals surface area contributed by atoms with Crippen LogP contribution < -0.4 is 0 Å². The van der Waals surface area contributed by atoms with E-state index in [1.807, 2.05) is 37.3 Å². The van der Waals surface area contributed by atoms with E-state index < -0.39 is 17.5 Å². The molecular weight excluding hydrogens is 334 g/mol. The van der Waals surface area contributed by atoms with Crippen molar-refractivity contribution in [3.63, 3.8) is 0 Å². The number of hydrogen-bond acceptors (Lipinski definition) is 2. The molecule has 0 radical (unpaired) electrons. The zero-order valence-corrected chi connectivity index (χ0v) is 15.0. The maximum atomic E-state index is 14.3. The molecule has 0 N–H and O–H groups in total. The molecule has 26 heavy (non-hydrogen) atoms. The third-order valence-corrected chi connectivity index (χ3v) is 4.21. The molecule has 0 atom stereocenters. The molecule has 138 valence electrons. The monoisotopic (exact) mass is 358 g/mol. The summed E-state index contributed by atoms with van der Waals surface area (Å²) < 4.78 is 33.4. The van der Waals surface area contributed by atoms with Gasteiger partial charge < -0.3 is 4.74 Å². The van der Waals surface area contributed by atoms with E-state index in [-0.39, 0.29) is 12.2 Å². The molecule has 0 aliphatic heterocycles. The molecule has 0 fully saturated rings. The van der Waals surface area contributed by atoms with Crippen molar-refractivity contribution in [1.82, 2.24) is 0 Å².